The van der Waals surface area contributed by atoms with Crippen LogP contribution in [0.1, 0.15) is 38.2 Å². The molecule has 0 fully saturated rings. The first-order valence-corrected chi connectivity index (χ1v) is 9.98. The van der Waals surface area contributed by atoms with Crippen LogP contribution < -0.4 is 4.90 Å². The number of nitrogens with zero attached hydrogens (tertiary/aromatic N) is 6. The zero-order valence-corrected chi connectivity index (χ0v) is 17.2. The van der Waals surface area contributed by atoms with Crippen LogP contribution in [0.3, 0.4) is 0 Å². The second-order valence-corrected chi connectivity index (χ2v) is 7.51. The van der Waals surface area contributed by atoms with Gasteiger partial charge >= 0.3 is 0 Å². The number of aromatic nitrogens is 3. The van der Waals surface area contributed by atoms with Crippen molar-refractivity contribution in [3.8, 4) is 0 Å². The largest absolute Gasteiger partial charge is 0.342 e. The number of rotatable bonds is 4. The molecule has 4 rings (SSSR count). The van der Waals surface area contributed by atoms with E-state index in [-0.39, 0.29) is 0 Å². The highest BCUT2D eigenvalue weighted by atomic mass is 19.2. The molecule has 4 heterocycles. The fourth-order valence-corrected chi connectivity index (χ4v) is 3.86. The summed E-state index contributed by atoms with van der Waals surface area (Å²) >= 11 is 0. The highest BCUT2D eigenvalue weighted by Gasteiger charge is 2.32. The smallest absolute Gasteiger partial charge is 0.141 e. The molecule has 0 aromatic carbocycles. The van der Waals surface area contributed by atoms with Gasteiger partial charge in [-0.15, -0.1) is 0 Å². The molecule has 30 heavy (non-hydrogen) atoms. The van der Waals surface area contributed by atoms with E-state index in [1.807, 2.05) is 35.2 Å². The molecular weight excluding hydrogens is 386 g/mol. The molecule has 0 aliphatic carbocycles. The Labute approximate surface area is 174 Å². The lowest BCUT2D eigenvalue weighted by molar-refractivity contribution is 0.349. The van der Waals surface area contributed by atoms with Crippen LogP contribution in [0, 0.1) is 11.7 Å². The van der Waals surface area contributed by atoms with Crippen LogP contribution in [0.15, 0.2) is 65.5 Å². The van der Waals surface area contributed by atoms with E-state index in [1.54, 1.807) is 12.3 Å². The molecule has 0 N–H and O–H groups in total. The molecule has 0 saturated carbocycles. The number of hydrogen-bond donors (Lipinski definition) is 0. The normalized spacial score (nSPS) is 20.4. The molecule has 0 amide bonds. The monoisotopic (exact) mass is 410 g/mol. The highest BCUT2D eigenvalue weighted by Crippen LogP contribution is 2.32. The third-order valence-electron chi connectivity index (χ3n) is 5.34. The van der Waals surface area contributed by atoms with Gasteiger partial charge in [0, 0.05) is 19.2 Å². The Balaban J connectivity index is 1.69. The fraction of sp³-hybridized carbons (Fsp3) is 0.318. The van der Waals surface area contributed by atoms with Gasteiger partial charge in [0.15, 0.2) is 0 Å². The van der Waals surface area contributed by atoms with Gasteiger partial charge in [-0.3, -0.25) is 0 Å². The number of anilines is 1. The van der Waals surface area contributed by atoms with Crippen molar-refractivity contribution in [2.75, 3.05) is 11.4 Å². The predicted molar refractivity (Wildman–Crippen MR) is 113 cm³/mol. The van der Waals surface area contributed by atoms with Gasteiger partial charge in [-0.05, 0) is 36.6 Å². The molecule has 0 bridgehead atoms. The average molecular weight is 410 g/mol. The Kier molecular flexibility index (Phi) is 5.48. The Hall–Kier alpha value is -3.29. The van der Waals surface area contributed by atoms with E-state index in [1.165, 1.54) is 24.2 Å². The number of fused-ring (bicyclic) bond motifs is 1. The van der Waals surface area contributed by atoms with Gasteiger partial charge in [0.2, 0.25) is 0 Å². The number of pyridine rings is 1. The second-order valence-electron chi connectivity index (χ2n) is 7.51. The standard InChI is InChI=1S/C22H24F2N6/c1-4-18-17(15(2)3)6-5-10-30(18)27-13-20-22-19(29(24)14-26-22)9-11-28(20)21-8-7-16(23)12-25-21/h4-8,10,12-15,20H,9,11H2,1-3H3/b18-4-,27-13+/t20-/m0/s1. The predicted octanol–water partition coefficient (Wildman–Crippen LogP) is 4.55. The Morgan fingerprint density at radius 3 is 2.80 bits per heavy atom. The molecule has 8 heteroatoms. The fourth-order valence-electron chi connectivity index (χ4n) is 3.86. The van der Waals surface area contributed by atoms with Crippen molar-refractivity contribution in [1.29, 1.82) is 0 Å². The molecular formula is C22H24F2N6. The first kappa shape index (κ1) is 20.0. The summed E-state index contributed by atoms with van der Waals surface area (Å²) in [6.07, 6.45) is 12.5. The third-order valence-corrected chi connectivity index (χ3v) is 5.34. The van der Waals surface area contributed by atoms with E-state index < -0.39 is 11.9 Å². The van der Waals surface area contributed by atoms with Crippen molar-refractivity contribution < 1.29 is 8.87 Å². The summed E-state index contributed by atoms with van der Waals surface area (Å²) in [7, 11) is 0. The van der Waals surface area contributed by atoms with Crippen LogP contribution in [-0.2, 0) is 6.42 Å². The van der Waals surface area contributed by atoms with E-state index >= 15 is 0 Å². The maximum Gasteiger partial charge on any atom is 0.141 e. The molecule has 2 aliphatic rings. The summed E-state index contributed by atoms with van der Waals surface area (Å²) in [6.45, 7) is 6.77. The van der Waals surface area contributed by atoms with Crippen LogP contribution in [0.2, 0.25) is 0 Å². The number of halogens is 2. The van der Waals surface area contributed by atoms with Crippen LogP contribution in [0.5, 0.6) is 0 Å². The molecule has 2 aromatic rings. The van der Waals surface area contributed by atoms with Crippen molar-refractivity contribution in [3.05, 3.63) is 77.6 Å². The molecule has 2 aliphatic heterocycles. The quantitative estimate of drug-likeness (QED) is 0.694. The molecule has 6 nitrogen and oxygen atoms in total. The van der Waals surface area contributed by atoms with Gasteiger partial charge in [0.25, 0.3) is 0 Å². The van der Waals surface area contributed by atoms with Gasteiger partial charge in [-0.25, -0.2) is 19.4 Å². The highest BCUT2D eigenvalue weighted by molar-refractivity contribution is 5.73. The van der Waals surface area contributed by atoms with Crippen LogP contribution in [0.25, 0.3) is 0 Å². The summed E-state index contributed by atoms with van der Waals surface area (Å²) in [4.78, 5) is 11.0. The lowest BCUT2D eigenvalue weighted by Gasteiger charge is -2.34. The minimum Gasteiger partial charge on any atom is -0.342 e. The van der Waals surface area contributed by atoms with Gasteiger partial charge in [-0.2, -0.15) is 9.89 Å². The van der Waals surface area contributed by atoms with Crippen molar-refractivity contribution in [2.24, 2.45) is 11.0 Å². The van der Waals surface area contributed by atoms with Crippen molar-refractivity contribution >= 4 is 12.0 Å². The molecule has 0 radical (unpaired) electrons. The molecule has 0 unspecified atom stereocenters. The summed E-state index contributed by atoms with van der Waals surface area (Å²) in [5, 5.41) is 6.50. The number of imidazole rings is 1. The Morgan fingerprint density at radius 1 is 1.27 bits per heavy atom. The second kappa shape index (κ2) is 8.22. The zero-order chi connectivity index (χ0) is 21.3. The van der Waals surface area contributed by atoms with E-state index in [0.29, 0.717) is 40.9 Å². The topological polar surface area (TPSA) is 49.6 Å². The van der Waals surface area contributed by atoms with Crippen molar-refractivity contribution in [2.45, 2.75) is 33.2 Å². The van der Waals surface area contributed by atoms with Gasteiger partial charge in [-0.1, -0.05) is 30.5 Å². The molecule has 0 saturated heterocycles. The van der Waals surface area contributed by atoms with Gasteiger partial charge in [0.05, 0.1) is 29.5 Å². The van der Waals surface area contributed by atoms with Crippen LogP contribution >= 0.6 is 0 Å². The summed E-state index contributed by atoms with van der Waals surface area (Å²) < 4.78 is 27.5. The minimum atomic E-state index is -0.427. The lowest BCUT2D eigenvalue weighted by atomic mass is 9.97. The van der Waals surface area contributed by atoms with Gasteiger partial charge < -0.3 is 4.90 Å². The Bertz CT molecular complexity index is 1030. The molecule has 0 spiro atoms. The minimum absolute atomic E-state index is 0.349. The van der Waals surface area contributed by atoms with E-state index in [0.717, 1.165) is 5.70 Å². The maximum absolute atomic E-state index is 14.1. The van der Waals surface area contributed by atoms with Crippen LogP contribution in [0.4, 0.5) is 14.7 Å². The van der Waals surface area contributed by atoms with Crippen LogP contribution in [-0.4, -0.2) is 32.5 Å². The maximum atomic E-state index is 14.1. The lowest BCUT2D eigenvalue weighted by Crippen LogP contribution is -2.37. The third kappa shape index (κ3) is 3.65. The SMILES string of the molecule is C/C=C1/C(C(C)C)=CC=CN1/N=C/[C@H]1c2ncn(F)c2CCN1c1ccc(F)cn1. The molecule has 156 valence electrons. The molecule has 2 aromatic heterocycles. The Morgan fingerprint density at radius 2 is 2.10 bits per heavy atom. The summed E-state index contributed by atoms with van der Waals surface area (Å²) in [6, 6.07) is 2.56. The molecule has 1 atom stereocenters. The number of hydrazone groups is 1. The van der Waals surface area contributed by atoms with Crippen molar-refractivity contribution in [3.63, 3.8) is 0 Å². The summed E-state index contributed by atoms with van der Waals surface area (Å²) in [5.41, 5.74) is 3.29. The summed E-state index contributed by atoms with van der Waals surface area (Å²) in [5.74, 6) is 0.538. The first-order valence-electron chi connectivity index (χ1n) is 9.98. The number of hydrogen-bond acceptors (Lipinski definition) is 5. The van der Waals surface area contributed by atoms with E-state index in [4.69, 9.17) is 5.10 Å². The number of allylic oxidation sites excluding steroid dienone is 4. The van der Waals surface area contributed by atoms with E-state index in [9.17, 15) is 8.87 Å². The van der Waals surface area contributed by atoms with Crippen molar-refractivity contribution in [1.82, 2.24) is 19.8 Å². The van der Waals surface area contributed by atoms with Gasteiger partial charge in [0.1, 0.15) is 24.0 Å². The average Bonchev–Trinajstić information content (AvgIpc) is 3.13. The zero-order valence-electron chi connectivity index (χ0n) is 17.2. The first-order chi connectivity index (χ1) is 14.5. The van der Waals surface area contributed by atoms with E-state index in [2.05, 4.69) is 29.9 Å².